The summed E-state index contributed by atoms with van der Waals surface area (Å²) in [5.74, 6) is -1.75. The number of rotatable bonds is 4. The van der Waals surface area contributed by atoms with E-state index in [0.717, 1.165) is 10.7 Å². The van der Waals surface area contributed by atoms with Gasteiger partial charge in [-0.2, -0.15) is 0 Å². The van der Waals surface area contributed by atoms with E-state index >= 15 is 0 Å². The predicted molar refractivity (Wildman–Crippen MR) is 77.8 cm³/mol. The summed E-state index contributed by atoms with van der Waals surface area (Å²) in [6, 6.07) is 3.54. The van der Waals surface area contributed by atoms with Gasteiger partial charge in [0.05, 0.1) is 12.2 Å². The number of amides is 2. The number of aromatic nitrogens is 1. The molecule has 2 amide bonds. The van der Waals surface area contributed by atoms with Crippen molar-refractivity contribution in [3.63, 3.8) is 0 Å². The van der Waals surface area contributed by atoms with E-state index in [9.17, 15) is 14.7 Å². The Morgan fingerprint density at radius 2 is 2.14 bits per heavy atom. The predicted octanol–water partition coefficient (Wildman–Crippen LogP) is 2.18. The minimum atomic E-state index is -1.27. The van der Waals surface area contributed by atoms with Crippen LogP contribution in [0.15, 0.2) is 23.6 Å². The molecular formula is C13H13N3O4S. The Morgan fingerprint density at radius 3 is 2.76 bits per heavy atom. The number of thiazole rings is 1. The molecule has 0 unspecified atom stereocenters. The molecule has 1 aromatic heterocycles. The number of nitrogens with zero attached hydrogens (tertiary/aromatic N) is 1. The standard InChI is InChI=1S/C13H13N3O4S/c1-7-6-21-10(15-7)5-14-13(20)16-9-4-2-3-8(11(9)17)12(18)19/h2-4,6,17H,5H2,1H3,(H,18,19)(H2,14,16,20). The maximum Gasteiger partial charge on any atom is 0.339 e. The number of carbonyl (C=O) groups excluding carboxylic acids is 1. The fraction of sp³-hybridized carbons (Fsp3) is 0.154. The first kappa shape index (κ1) is 14.8. The van der Waals surface area contributed by atoms with Gasteiger partial charge in [0.15, 0.2) is 5.75 Å². The molecule has 7 nitrogen and oxygen atoms in total. The van der Waals surface area contributed by atoms with Gasteiger partial charge in [-0.1, -0.05) is 6.07 Å². The first-order chi connectivity index (χ1) is 9.97. The van der Waals surface area contributed by atoms with Crippen LogP contribution < -0.4 is 10.6 Å². The number of phenols is 1. The average molecular weight is 307 g/mol. The van der Waals surface area contributed by atoms with Gasteiger partial charge in [0, 0.05) is 11.1 Å². The second kappa shape index (κ2) is 6.23. The SMILES string of the molecule is Cc1csc(CNC(=O)Nc2cccc(C(=O)O)c2O)n1. The normalized spacial score (nSPS) is 10.1. The zero-order valence-corrected chi connectivity index (χ0v) is 11.9. The third-order valence-electron chi connectivity index (χ3n) is 2.58. The number of aromatic hydroxyl groups is 1. The van der Waals surface area contributed by atoms with Crippen LogP contribution in [-0.4, -0.2) is 27.2 Å². The molecule has 0 saturated carbocycles. The molecule has 0 bridgehead atoms. The van der Waals surface area contributed by atoms with Gasteiger partial charge in [0.25, 0.3) is 0 Å². The maximum absolute atomic E-state index is 11.7. The van der Waals surface area contributed by atoms with E-state index in [-0.39, 0.29) is 17.8 Å². The lowest BCUT2D eigenvalue weighted by atomic mass is 10.2. The monoisotopic (exact) mass is 307 g/mol. The van der Waals surface area contributed by atoms with Crippen LogP contribution in [-0.2, 0) is 6.54 Å². The third kappa shape index (κ3) is 3.69. The fourth-order valence-electron chi connectivity index (χ4n) is 1.62. The summed E-state index contributed by atoms with van der Waals surface area (Å²) in [5.41, 5.74) is 0.634. The van der Waals surface area contributed by atoms with Gasteiger partial charge in [-0.05, 0) is 19.1 Å². The van der Waals surface area contributed by atoms with Gasteiger partial charge in [-0.25, -0.2) is 14.6 Å². The molecule has 0 aliphatic carbocycles. The van der Waals surface area contributed by atoms with Gasteiger partial charge >= 0.3 is 12.0 Å². The number of hydrogen-bond acceptors (Lipinski definition) is 5. The minimum absolute atomic E-state index is 0.0303. The van der Waals surface area contributed by atoms with E-state index in [1.807, 2.05) is 12.3 Å². The molecule has 21 heavy (non-hydrogen) atoms. The molecule has 110 valence electrons. The van der Waals surface area contributed by atoms with Gasteiger partial charge in [0.2, 0.25) is 0 Å². The number of anilines is 1. The average Bonchev–Trinajstić information content (AvgIpc) is 2.84. The van der Waals surface area contributed by atoms with Gasteiger partial charge in [-0.15, -0.1) is 11.3 Å². The Kier molecular flexibility index (Phi) is 4.39. The minimum Gasteiger partial charge on any atom is -0.505 e. The highest BCUT2D eigenvalue weighted by molar-refractivity contribution is 7.09. The molecule has 2 aromatic rings. The number of aryl methyl sites for hydroxylation is 1. The number of carboxylic acid groups (broad SMARTS) is 1. The van der Waals surface area contributed by atoms with Crippen molar-refractivity contribution in [2.45, 2.75) is 13.5 Å². The summed E-state index contributed by atoms with van der Waals surface area (Å²) in [6.07, 6.45) is 0. The van der Waals surface area contributed by atoms with Crippen LogP contribution in [0, 0.1) is 6.92 Å². The Morgan fingerprint density at radius 1 is 1.38 bits per heavy atom. The molecule has 2 rings (SSSR count). The van der Waals surface area contributed by atoms with Crippen molar-refractivity contribution in [3.8, 4) is 5.75 Å². The molecule has 1 aromatic carbocycles. The van der Waals surface area contributed by atoms with Crippen LogP contribution in [0.3, 0.4) is 0 Å². The van der Waals surface area contributed by atoms with Gasteiger partial charge < -0.3 is 20.8 Å². The second-order valence-electron chi connectivity index (χ2n) is 4.20. The molecule has 0 spiro atoms. The molecule has 4 N–H and O–H groups in total. The van der Waals surface area contributed by atoms with E-state index in [1.165, 1.54) is 29.5 Å². The molecule has 0 aliphatic rings. The van der Waals surface area contributed by atoms with Crippen LogP contribution in [0.25, 0.3) is 0 Å². The molecule has 0 fully saturated rings. The molecule has 0 atom stereocenters. The summed E-state index contributed by atoms with van der Waals surface area (Å²) in [4.78, 5) is 26.8. The van der Waals surface area contributed by atoms with Crippen molar-refractivity contribution in [2.75, 3.05) is 5.32 Å². The quantitative estimate of drug-likeness (QED) is 0.647. The zero-order chi connectivity index (χ0) is 15.4. The summed E-state index contributed by atoms with van der Waals surface area (Å²) < 4.78 is 0. The molecule has 0 saturated heterocycles. The van der Waals surface area contributed by atoms with Crippen molar-refractivity contribution in [2.24, 2.45) is 0 Å². The first-order valence-corrected chi connectivity index (χ1v) is 6.86. The van der Waals surface area contributed by atoms with Crippen molar-refractivity contribution < 1.29 is 19.8 Å². The number of carbonyl (C=O) groups is 2. The molecule has 0 aliphatic heterocycles. The number of benzene rings is 1. The Hall–Kier alpha value is -2.61. The van der Waals surface area contributed by atoms with E-state index in [4.69, 9.17) is 5.11 Å². The Labute approximate surface area is 124 Å². The van der Waals surface area contributed by atoms with E-state index < -0.39 is 17.7 Å². The summed E-state index contributed by atoms with van der Waals surface area (Å²) in [5, 5.41) is 26.2. The maximum atomic E-state index is 11.7. The Bertz CT molecular complexity index is 684. The summed E-state index contributed by atoms with van der Waals surface area (Å²) >= 11 is 1.43. The van der Waals surface area contributed by atoms with Crippen molar-refractivity contribution in [3.05, 3.63) is 39.8 Å². The second-order valence-corrected chi connectivity index (χ2v) is 5.14. The zero-order valence-electron chi connectivity index (χ0n) is 11.1. The van der Waals surface area contributed by atoms with Crippen LogP contribution in [0.5, 0.6) is 5.75 Å². The lowest BCUT2D eigenvalue weighted by molar-refractivity contribution is 0.0693. The number of aromatic carboxylic acids is 1. The molecular weight excluding hydrogens is 294 g/mol. The summed E-state index contributed by atoms with van der Waals surface area (Å²) in [6.45, 7) is 2.11. The van der Waals surface area contributed by atoms with Crippen molar-refractivity contribution in [1.82, 2.24) is 10.3 Å². The van der Waals surface area contributed by atoms with Crippen LogP contribution in [0.2, 0.25) is 0 Å². The number of nitrogens with one attached hydrogen (secondary N) is 2. The highest BCUT2D eigenvalue weighted by atomic mass is 32.1. The molecule has 8 heteroatoms. The number of carboxylic acids is 1. The van der Waals surface area contributed by atoms with E-state index in [1.54, 1.807) is 0 Å². The molecule has 0 radical (unpaired) electrons. The van der Waals surface area contributed by atoms with Crippen LogP contribution in [0.1, 0.15) is 21.1 Å². The van der Waals surface area contributed by atoms with Gasteiger partial charge in [-0.3, -0.25) is 0 Å². The summed E-state index contributed by atoms with van der Waals surface area (Å²) in [7, 11) is 0. The van der Waals surface area contributed by atoms with Crippen LogP contribution >= 0.6 is 11.3 Å². The first-order valence-electron chi connectivity index (χ1n) is 5.98. The number of urea groups is 1. The third-order valence-corrected chi connectivity index (χ3v) is 3.55. The van der Waals surface area contributed by atoms with Crippen molar-refractivity contribution in [1.29, 1.82) is 0 Å². The molecule has 1 heterocycles. The number of para-hydroxylation sites is 1. The van der Waals surface area contributed by atoms with Crippen LogP contribution in [0.4, 0.5) is 10.5 Å². The van der Waals surface area contributed by atoms with E-state index in [2.05, 4.69) is 15.6 Å². The lowest BCUT2D eigenvalue weighted by Crippen LogP contribution is -2.28. The topological polar surface area (TPSA) is 112 Å². The van der Waals surface area contributed by atoms with E-state index in [0.29, 0.717) is 0 Å². The fourth-order valence-corrected chi connectivity index (χ4v) is 2.33. The Balaban J connectivity index is 1.99. The lowest BCUT2D eigenvalue weighted by Gasteiger charge is -2.09. The van der Waals surface area contributed by atoms with Crippen molar-refractivity contribution >= 4 is 29.0 Å². The smallest absolute Gasteiger partial charge is 0.339 e. The highest BCUT2D eigenvalue weighted by Crippen LogP contribution is 2.27. The number of hydrogen-bond donors (Lipinski definition) is 4. The van der Waals surface area contributed by atoms with Gasteiger partial charge in [0.1, 0.15) is 10.6 Å². The highest BCUT2D eigenvalue weighted by Gasteiger charge is 2.14. The largest absolute Gasteiger partial charge is 0.505 e.